The van der Waals surface area contributed by atoms with Gasteiger partial charge in [0.2, 0.25) is 0 Å². The summed E-state index contributed by atoms with van der Waals surface area (Å²) in [5.74, 6) is -1.21. The Morgan fingerprint density at radius 1 is 1.09 bits per heavy atom. The van der Waals surface area contributed by atoms with E-state index in [1.54, 1.807) is 6.07 Å². The average molecular weight is 475 g/mol. The molecular formula is C24H21F4N3O3. The predicted octanol–water partition coefficient (Wildman–Crippen LogP) is 4.74. The molecule has 1 saturated carbocycles. The van der Waals surface area contributed by atoms with Crippen LogP contribution in [-0.2, 0) is 0 Å². The maximum absolute atomic E-state index is 13.8. The summed E-state index contributed by atoms with van der Waals surface area (Å²) in [6.45, 7) is -0.216. The zero-order valence-electron chi connectivity index (χ0n) is 17.8. The van der Waals surface area contributed by atoms with Crippen molar-refractivity contribution >= 4 is 5.91 Å². The fraction of sp³-hybridized carbons (Fsp3) is 0.292. The van der Waals surface area contributed by atoms with E-state index in [4.69, 9.17) is 0 Å². The molecule has 2 N–H and O–H groups in total. The zero-order chi connectivity index (χ0) is 24.3. The Hall–Kier alpha value is -3.53. The lowest BCUT2D eigenvalue weighted by Gasteiger charge is -2.33. The lowest BCUT2D eigenvalue weighted by atomic mass is 9.80. The molecule has 1 unspecified atom stereocenters. The van der Waals surface area contributed by atoms with Gasteiger partial charge in [-0.2, -0.15) is 0 Å². The van der Waals surface area contributed by atoms with Gasteiger partial charge in [-0.05, 0) is 61.2 Å². The minimum atomic E-state index is -4.82. The fourth-order valence-electron chi connectivity index (χ4n) is 3.69. The molecule has 0 bridgehead atoms. The van der Waals surface area contributed by atoms with Crippen LogP contribution in [0.3, 0.4) is 0 Å². The summed E-state index contributed by atoms with van der Waals surface area (Å²) >= 11 is 0. The number of carbonyl (C=O) groups is 1. The van der Waals surface area contributed by atoms with Crippen LogP contribution in [0.2, 0.25) is 0 Å². The molecule has 6 nitrogen and oxygen atoms in total. The molecule has 10 heteroatoms. The van der Waals surface area contributed by atoms with Gasteiger partial charge in [-0.15, -0.1) is 13.2 Å². The van der Waals surface area contributed by atoms with Gasteiger partial charge in [-0.25, -0.2) is 14.4 Å². The van der Waals surface area contributed by atoms with Gasteiger partial charge in [0.15, 0.2) is 5.82 Å². The Morgan fingerprint density at radius 3 is 2.41 bits per heavy atom. The predicted molar refractivity (Wildman–Crippen MR) is 115 cm³/mol. The SMILES string of the molecule is O=C(NC(CO)C1CCC1)c1cc(-c2ccc(OC(F)(F)F)cc2)nc(-c2cccc(F)c2)n1. The first kappa shape index (κ1) is 23.6. The maximum atomic E-state index is 13.8. The topological polar surface area (TPSA) is 84.3 Å². The van der Waals surface area contributed by atoms with Crippen molar-refractivity contribution in [2.75, 3.05) is 6.61 Å². The number of hydrogen-bond donors (Lipinski definition) is 2. The fourth-order valence-corrected chi connectivity index (χ4v) is 3.69. The van der Waals surface area contributed by atoms with Gasteiger partial charge in [-0.1, -0.05) is 18.6 Å². The molecule has 178 valence electrons. The van der Waals surface area contributed by atoms with Crippen LogP contribution >= 0.6 is 0 Å². The largest absolute Gasteiger partial charge is 0.573 e. The third kappa shape index (κ3) is 5.69. The van der Waals surface area contributed by atoms with Crippen LogP contribution in [0.15, 0.2) is 54.6 Å². The van der Waals surface area contributed by atoms with E-state index in [2.05, 4.69) is 20.0 Å². The Morgan fingerprint density at radius 2 is 1.82 bits per heavy atom. The molecule has 34 heavy (non-hydrogen) atoms. The Balaban J connectivity index is 1.69. The molecule has 0 saturated heterocycles. The molecule has 1 heterocycles. The van der Waals surface area contributed by atoms with Crippen molar-refractivity contribution in [2.45, 2.75) is 31.7 Å². The van der Waals surface area contributed by atoms with Gasteiger partial charge in [0, 0.05) is 11.1 Å². The summed E-state index contributed by atoms with van der Waals surface area (Å²) in [6.07, 6.45) is -1.98. The number of alkyl halides is 3. The second-order valence-electron chi connectivity index (χ2n) is 8.00. The Labute approximate surface area is 192 Å². The highest BCUT2D eigenvalue weighted by Gasteiger charge is 2.31. The number of benzene rings is 2. The van der Waals surface area contributed by atoms with Crippen molar-refractivity contribution in [3.05, 3.63) is 66.1 Å². The molecular weight excluding hydrogens is 454 g/mol. The molecule has 0 radical (unpaired) electrons. The Bertz CT molecular complexity index is 1160. The van der Waals surface area contributed by atoms with Crippen LogP contribution < -0.4 is 10.1 Å². The van der Waals surface area contributed by atoms with E-state index in [0.29, 0.717) is 11.1 Å². The molecule has 1 aliphatic carbocycles. The van der Waals surface area contributed by atoms with Crippen LogP contribution in [0.4, 0.5) is 17.6 Å². The molecule has 1 aromatic heterocycles. The van der Waals surface area contributed by atoms with Crippen LogP contribution in [-0.4, -0.2) is 40.0 Å². The van der Waals surface area contributed by atoms with Crippen molar-refractivity contribution in [1.82, 2.24) is 15.3 Å². The van der Waals surface area contributed by atoms with E-state index < -0.39 is 29.9 Å². The summed E-state index contributed by atoms with van der Waals surface area (Å²) in [4.78, 5) is 21.6. The number of aliphatic hydroxyl groups is 1. The monoisotopic (exact) mass is 475 g/mol. The van der Waals surface area contributed by atoms with Gasteiger partial charge in [0.1, 0.15) is 17.3 Å². The standard InChI is InChI=1S/C24H21F4N3O3/c25-17-6-2-5-16(11-17)22-29-19(15-7-9-18(10-8-15)34-24(26,27)28)12-20(30-22)23(33)31-21(13-32)14-3-1-4-14/h2,5-12,14,21,32H,1,3-4,13H2,(H,31,33). The van der Waals surface area contributed by atoms with Crippen molar-refractivity contribution in [3.8, 4) is 28.4 Å². The minimum absolute atomic E-state index is 0.0161. The van der Waals surface area contributed by atoms with Crippen LogP contribution in [0.25, 0.3) is 22.6 Å². The third-order valence-corrected chi connectivity index (χ3v) is 5.66. The summed E-state index contributed by atoms with van der Waals surface area (Å²) in [5.41, 5.74) is 0.965. The number of amides is 1. The molecule has 2 aromatic carbocycles. The lowest BCUT2D eigenvalue weighted by Crippen LogP contribution is -2.45. The zero-order valence-corrected chi connectivity index (χ0v) is 17.8. The van der Waals surface area contributed by atoms with Gasteiger partial charge in [0.25, 0.3) is 5.91 Å². The van der Waals surface area contributed by atoms with Crippen LogP contribution in [0, 0.1) is 11.7 Å². The highest BCUT2D eigenvalue weighted by Crippen LogP contribution is 2.30. The highest BCUT2D eigenvalue weighted by atomic mass is 19.4. The van der Waals surface area contributed by atoms with E-state index in [1.165, 1.54) is 36.4 Å². The second kappa shape index (κ2) is 9.76. The highest BCUT2D eigenvalue weighted by molar-refractivity contribution is 5.94. The van der Waals surface area contributed by atoms with Crippen molar-refractivity contribution in [1.29, 1.82) is 0 Å². The van der Waals surface area contributed by atoms with Crippen LogP contribution in [0.1, 0.15) is 29.8 Å². The first-order chi connectivity index (χ1) is 16.2. The molecule has 3 aromatic rings. The van der Waals surface area contributed by atoms with Crippen LogP contribution in [0.5, 0.6) is 5.75 Å². The lowest BCUT2D eigenvalue weighted by molar-refractivity contribution is -0.274. The molecule has 1 atom stereocenters. The average Bonchev–Trinajstić information content (AvgIpc) is 2.76. The van der Waals surface area contributed by atoms with E-state index in [0.717, 1.165) is 31.4 Å². The number of aromatic nitrogens is 2. The van der Waals surface area contributed by atoms with E-state index in [9.17, 15) is 27.5 Å². The minimum Gasteiger partial charge on any atom is -0.406 e. The van der Waals surface area contributed by atoms with Gasteiger partial charge >= 0.3 is 6.36 Å². The summed E-state index contributed by atoms with van der Waals surface area (Å²) in [6, 6.07) is 11.5. The van der Waals surface area contributed by atoms with E-state index >= 15 is 0 Å². The molecule has 4 rings (SSSR count). The number of aliphatic hydroxyl groups excluding tert-OH is 1. The first-order valence-corrected chi connectivity index (χ1v) is 10.6. The van der Waals surface area contributed by atoms with E-state index in [-0.39, 0.29) is 29.7 Å². The quantitative estimate of drug-likeness (QED) is 0.483. The Kier molecular flexibility index (Phi) is 6.78. The van der Waals surface area contributed by atoms with Gasteiger partial charge in [0.05, 0.1) is 18.3 Å². The number of hydrogen-bond acceptors (Lipinski definition) is 5. The smallest absolute Gasteiger partial charge is 0.406 e. The second-order valence-corrected chi connectivity index (χ2v) is 8.00. The first-order valence-electron chi connectivity index (χ1n) is 10.6. The number of carbonyl (C=O) groups excluding carboxylic acids is 1. The summed E-state index contributed by atoms with van der Waals surface area (Å²) < 4.78 is 55.1. The number of ether oxygens (including phenoxy) is 1. The van der Waals surface area contributed by atoms with Crippen molar-refractivity contribution in [2.24, 2.45) is 5.92 Å². The summed E-state index contributed by atoms with van der Waals surface area (Å²) in [5, 5.41) is 12.5. The van der Waals surface area contributed by atoms with Gasteiger partial charge < -0.3 is 15.2 Å². The normalized spacial score (nSPS) is 14.9. The summed E-state index contributed by atoms with van der Waals surface area (Å²) in [7, 11) is 0. The molecule has 0 aliphatic heterocycles. The molecule has 1 fully saturated rings. The molecule has 1 aliphatic rings. The molecule has 1 amide bonds. The van der Waals surface area contributed by atoms with Gasteiger partial charge in [-0.3, -0.25) is 4.79 Å². The third-order valence-electron chi connectivity index (χ3n) is 5.66. The number of halogens is 4. The van der Waals surface area contributed by atoms with E-state index in [1.807, 2.05) is 0 Å². The van der Waals surface area contributed by atoms with Crippen molar-refractivity contribution < 1.29 is 32.2 Å². The number of nitrogens with zero attached hydrogens (tertiary/aromatic N) is 2. The number of nitrogens with one attached hydrogen (secondary N) is 1. The number of rotatable bonds is 7. The maximum Gasteiger partial charge on any atom is 0.573 e. The van der Waals surface area contributed by atoms with Crippen molar-refractivity contribution in [3.63, 3.8) is 0 Å². The molecule has 0 spiro atoms.